The molecule has 0 saturated carbocycles. The molecule has 14 heavy (non-hydrogen) atoms. The molecule has 0 unspecified atom stereocenters. The number of anilines is 1. The van der Waals surface area contributed by atoms with Gasteiger partial charge < -0.3 is 4.90 Å². The Balaban J connectivity index is 2.82. The third-order valence-corrected chi connectivity index (χ3v) is 2.72. The van der Waals surface area contributed by atoms with E-state index in [9.17, 15) is 0 Å². The third-order valence-electron chi connectivity index (χ3n) is 1.81. The molecule has 0 bridgehead atoms. The second kappa shape index (κ2) is 5.85. The number of rotatable bonds is 4. The predicted molar refractivity (Wildman–Crippen MR) is 71.0 cm³/mol. The molecule has 0 N–H and O–H groups in total. The van der Waals surface area contributed by atoms with Crippen molar-refractivity contribution in [2.24, 2.45) is 0 Å². The van der Waals surface area contributed by atoms with Crippen LogP contribution in [0.25, 0.3) is 0 Å². The van der Waals surface area contributed by atoms with E-state index in [4.69, 9.17) is 0 Å². The molecule has 5 heteroatoms. The van der Waals surface area contributed by atoms with Crippen LogP contribution in [0.4, 0.5) is 5.95 Å². The van der Waals surface area contributed by atoms with E-state index in [-0.39, 0.29) is 0 Å². The van der Waals surface area contributed by atoms with Crippen LogP contribution in [-0.2, 0) is 0 Å². The second-order valence-corrected chi connectivity index (χ2v) is 5.22. The summed E-state index contributed by atoms with van der Waals surface area (Å²) in [6.45, 7) is 5.21. The van der Waals surface area contributed by atoms with E-state index in [1.165, 1.54) is 0 Å². The molecular formula is C9H13BrIN3. The maximum atomic E-state index is 4.30. The number of hydrogen-bond acceptors (Lipinski definition) is 3. The summed E-state index contributed by atoms with van der Waals surface area (Å²) >= 11 is 5.64. The van der Waals surface area contributed by atoms with Crippen LogP contribution >= 0.6 is 38.5 Å². The van der Waals surface area contributed by atoms with Gasteiger partial charge in [-0.2, -0.15) is 0 Å². The SMILES string of the molecule is CC(C)N(CCBr)c1ncc(I)cn1. The van der Waals surface area contributed by atoms with Gasteiger partial charge in [0.2, 0.25) is 5.95 Å². The van der Waals surface area contributed by atoms with Crippen LogP contribution in [0.1, 0.15) is 13.8 Å². The summed E-state index contributed by atoms with van der Waals surface area (Å²) in [5.74, 6) is 0.805. The summed E-state index contributed by atoms with van der Waals surface area (Å²) in [6.07, 6.45) is 3.68. The lowest BCUT2D eigenvalue weighted by Crippen LogP contribution is -2.33. The molecule has 0 aromatic carbocycles. The van der Waals surface area contributed by atoms with Crippen LogP contribution in [0.5, 0.6) is 0 Å². The number of alkyl halides is 1. The zero-order valence-electron chi connectivity index (χ0n) is 8.24. The van der Waals surface area contributed by atoms with Crippen molar-refractivity contribution in [2.45, 2.75) is 19.9 Å². The lowest BCUT2D eigenvalue weighted by atomic mass is 10.3. The van der Waals surface area contributed by atoms with Gasteiger partial charge in [0, 0.05) is 33.9 Å². The van der Waals surface area contributed by atoms with Gasteiger partial charge in [-0.05, 0) is 36.4 Å². The van der Waals surface area contributed by atoms with Crippen molar-refractivity contribution < 1.29 is 0 Å². The largest absolute Gasteiger partial charge is 0.338 e. The number of nitrogens with zero attached hydrogens (tertiary/aromatic N) is 3. The van der Waals surface area contributed by atoms with Gasteiger partial charge in [0.25, 0.3) is 0 Å². The molecular weight excluding hydrogens is 357 g/mol. The zero-order valence-corrected chi connectivity index (χ0v) is 12.0. The zero-order chi connectivity index (χ0) is 10.6. The van der Waals surface area contributed by atoms with Gasteiger partial charge in [0.05, 0.1) is 0 Å². The van der Waals surface area contributed by atoms with Crippen molar-refractivity contribution in [2.75, 3.05) is 16.8 Å². The Labute approximate surface area is 107 Å². The van der Waals surface area contributed by atoms with Gasteiger partial charge >= 0.3 is 0 Å². The first-order valence-corrected chi connectivity index (χ1v) is 6.65. The first-order chi connectivity index (χ1) is 6.65. The van der Waals surface area contributed by atoms with Crippen LogP contribution in [-0.4, -0.2) is 27.9 Å². The molecule has 0 atom stereocenters. The van der Waals surface area contributed by atoms with Crippen molar-refractivity contribution in [3.8, 4) is 0 Å². The van der Waals surface area contributed by atoms with Crippen LogP contribution < -0.4 is 4.90 Å². The molecule has 0 aliphatic carbocycles. The van der Waals surface area contributed by atoms with Crippen molar-refractivity contribution in [1.29, 1.82) is 0 Å². The Morgan fingerprint density at radius 2 is 2.00 bits per heavy atom. The first kappa shape index (κ1) is 12.2. The Bertz CT molecular complexity index is 276. The molecule has 78 valence electrons. The highest BCUT2D eigenvalue weighted by molar-refractivity contribution is 14.1. The van der Waals surface area contributed by atoms with Gasteiger partial charge in [-0.3, -0.25) is 0 Å². The van der Waals surface area contributed by atoms with E-state index < -0.39 is 0 Å². The molecule has 0 amide bonds. The van der Waals surface area contributed by atoms with Crippen molar-refractivity contribution in [1.82, 2.24) is 9.97 Å². The minimum absolute atomic E-state index is 0.424. The summed E-state index contributed by atoms with van der Waals surface area (Å²) in [7, 11) is 0. The lowest BCUT2D eigenvalue weighted by Gasteiger charge is -2.25. The molecule has 0 saturated heterocycles. The molecule has 1 heterocycles. The summed E-state index contributed by atoms with van der Waals surface area (Å²) < 4.78 is 1.06. The summed E-state index contributed by atoms with van der Waals surface area (Å²) in [4.78, 5) is 10.8. The average Bonchev–Trinajstić information content (AvgIpc) is 2.15. The Morgan fingerprint density at radius 1 is 1.43 bits per heavy atom. The number of hydrogen-bond donors (Lipinski definition) is 0. The van der Waals surface area contributed by atoms with E-state index in [1.807, 2.05) is 12.4 Å². The second-order valence-electron chi connectivity index (χ2n) is 3.18. The number of aromatic nitrogens is 2. The Morgan fingerprint density at radius 3 is 2.43 bits per heavy atom. The minimum atomic E-state index is 0.424. The molecule has 1 rings (SSSR count). The molecule has 0 fully saturated rings. The van der Waals surface area contributed by atoms with E-state index >= 15 is 0 Å². The summed E-state index contributed by atoms with van der Waals surface area (Å²) in [5, 5.41) is 0.931. The average molecular weight is 370 g/mol. The molecule has 1 aromatic rings. The van der Waals surface area contributed by atoms with E-state index in [2.05, 4.69) is 67.2 Å². The standard InChI is InChI=1S/C9H13BrIN3/c1-7(2)14(4-3-10)9-12-5-8(11)6-13-9/h5-7H,3-4H2,1-2H3. The van der Waals surface area contributed by atoms with Crippen LogP contribution in [0, 0.1) is 3.57 Å². The molecule has 0 aliphatic rings. The first-order valence-electron chi connectivity index (χ1n) is 4.45. The smallest absolute Gasteiger partial charge is 0.225 e. The molecule has 0 spiro atoms. The van der Waals surface area contributed by atoms with Crippen molar-refractivity contribution in [3.05, 3.63) is 16.0 Å². The topological polar surface area (TPSA) is 29.0 Å². The monoisotopic (exact) mass is 369 g/mol. The highest BCUT2D eigenvalue weighted by atomic mass is 127. The predicted octanol–water partition coefficient (Wildman–Crippen LogP) is 2.69. The lowest BCUT2D eigenvalue weighted by molar-refractivity contribution is 0.684. The van der Waals surface area contributed by atoms with Gasteiger partial charge in [-0.15, -0.1) is 0 Å². The minimum Gasteiger partial charge on any atom is -0.338 e. The molecule has 0 aliphatic heterocycles. The van der Waals surface area contributed by atoms with Gasteiger partial charge in [-0.1, -0.05) is 15.9 Å². The third kappa shape index (κ3) is 3.34. The fourth-order valence-corrected chi connectivity index (χ4v) is 1.79. The quantitative estimate of drug-likeness (QED) is 0.603. The van der Waals surface area contributed by atoms with Crippen LogP contribution in [0.15, 0.2) is 12.4 Å². The maximum Gasteiger partial charge on any atom is 0.225 e. The van der Waals surface area contributed by atoms with E-state index in [0.29, 0.717) is 6.04 Å². The van der Waals surface area contributed by atoms with Crippen molar-refractivity contribution >= 4 is 44.5 Å². The summed E-state index contributed by atoms with van der Waals surface area (Å²) in [6, 6.07) is 0.424. The Kier molecular flexibility index (Phi) is 5.08. The molecule has 0 radical (unpaired) electrons. The highest BCUT2D eigenvalue weighted by Gasteiger charge is 2.11. The van der Waals surface area contributed by atoms with Crippen LogP contribution in [0.3, 0.4) is 0 Å². The van der Waals surface area contributed by atoms with E-state index in [1.54, 1.807) is 0 Å². The normalized spacial score (nSPS) is 10.6. The fraction of sp³-hybridized carbons (Fsp3) is 0.556. The maximum absolute atomic E-state index is 4.30. The Hall–Kier alpha value is 0.0900. The number of halogens is 2. The molecule has 3 nitrogen and oxygen atoms in total. The van der Waals surface area contributed by atoms with E-state index in [0.717, 1.165) is 21.4 Å². The van der Waals surface area contributed by atoms with Crippen molar-refractivity contribution in [3.63, 3.8) is 0 Å². The molecule has 1 aromatic heterocycles. The summed E-state index contributed by atoms with van der Waals surface area (Å²) in [5.41, 5.74) is 0. The van der Waals surface area contributed by atoms with Crippen LogP contribution in [0.2, 0.25) is 0 Å². The van der Waals surface area contributed by atoms with Gasteiger partial charge in [0.15, 0.2) is 0 Å². The highest BCUT2D eigenvalue weighted by Crippen LogP contribution is 2.11. The van der Waals surface area contributed by atoms with Gasteiger partial charge in [-0.25, -0.2) is 9.97 Å². The van der Waals surface area contributed by atoms with Gasteiger partial charge in [0.1, 0.15) is 0 Å². The fourth-order valence-electron chi connectivity index (χ4n) is 1.13.